The molecular weight excluding hydrogens is 436 g/mol. The van der Waals surface area contributed by atoms with Gasteiger partial charge in [-0.2, -0.15) is 0 Å². The van der Waals surface area contributed by atoms with Crippen molar-refractivity contribution in [2.45, 2.75) is 87.1 Å². The number of phenolic OH excluding ortho intramolecular Hbond substituents is 1. The second-order valence-electron chi connectivity index (χ2n) is 12.4. The summed E-state index contributed by atoms with van der Waals surface area (Å²) >= 11 is 0. The molecule has 2 spiro atoms. The van der Waals surface area contributed by atoms with E-state index < -0.39 is 11.0 Å². The Hall–Kier alpha value is -2.08. The number of hydrogen-bond acceptors (Lipinski definition) is 5. The summed E-state index contributed by atoms with van der Waals surface area (Å²) < 4.78 is 6.87. The number of rotatable bonds is 5. The molecular formula is C30H36N2O3. The molecule has 2 aromatic rings. The van der Waals surface area contributed by atoms with Crippen molar-refractivity contribution in [2.75, 3.05) is 13.1 Å². The maximum absolute atomic E-state index is 12.7. The molecule has 4 fully saturated rings. The lowest BCUT2D eigenvalue weighted by Crippen LogP contribution is -2.80. The molecule has 1 saturated heterocycles. The fourth-order valence-corrected chi connectivity index (χ4v) is 9.06. The van der Waals surface area contributed by atoms with E-state index in [1.165, 1.54) is 24.0 Å². The zero-order chi connectivity index (χ0) is 23.4. The Morgan fingerprint density at radius 3 is 2.63 bits per heavy atom. The average molecular weight is 473 g/mol. The topological polar surface area (TPSA) is 65.0 Å². The summed E-state index contributed by atoms with van der Waals surface area (Å²) in [7, 11) is 0. The minimum Gasteiger partial charge on any atom is -0.504 e. The summed E-state index contributed by atoms with van der Waals surface area (Å²) in [6.45, 7) is 3.01. The summed E-state index contributed by atoms with van der Waals surface area (Å²) in [6, 6.07) is 15.1. The maximum Gasteiger partial charge on any atom is 0.165 e. The Morgan fingerprint density at radius 1 is 1.00 bits per heavy atom. The molecule has 5 heteroatoms. The van der Waals surface area contributed by atoms with Crippen LogP contribution in [0.3, 0.4) is 0 Å². The smallest absolute Gasteiger partial charge is 0.165 e. The molecule has 184 valence electrons. The van der Waals surface area contributed by atoms with Crippen LogP contribution in [0.2, 0.25) is 0 Å². The van der Waals surface area contributed by atoms with Crippen LogP contribution < -0.4 is 10.1 Å². The molecule has 0 unspecified atom stereocenters. The third kappa shape index (κ3) is 2.60. The van der Waals surface area contributed by atoms with Crippen molar-refractivity contribution in [1.29, 1.82) is 0 Å². The third-order valence-corrected chi connectivity index (χ3v) is 11.0. The molecule has 0 radical (unpaired) electrons. The van der Waals surface area contributed by atoms with Crippen molar-refractivity contribution >= 4 is 0 Å². The van der Waals surface area contributed by atoms with E-state index >= 15 is 0 Å². The standard InChI is InChI=1S/C30H36N2O3/c33-22-9-8-21-16-24-30(34)13-12-28(11-10-23(28)31-17-19-4-2-1-3-5-19)27-29(30,25(21)26(22)35-27)14-15-32(24)18-20-6-7-20/h1-5,8-9,20,23-24,27,31,33-34H,6-7,10-18H2/t23-,24-,27-,28-,29-,30+/m0/s1. The molecule has 2 aliphatic heterocycles. The lowest BCUT2D eigenvalue weighted by atomic mass is 9.40. The molecule has 4 aliphatic carbocycles. The van der Waals surface area contributed by atoms with Crippen LogP contribution in [0.5, 0.6) is 11.5 Å². The van der Waals surface area contributed by atoms with Crippen LogP contribution >= 0.6 is 0 Å². The first-order valence-corrected chi connectivity index (χ1v) is 13.8. The van der Waals surface area contributed by atoms with Gasteiger partial charge in [-0.05, 0) is 81.0 Å². The highest BCUT2D eigenvalue weighted by molar-refractivity contribution is 5.63. The van der Waals surface area contributed by atoms with Crippen molar-refractivity contribution in [1.82, 2.24) is 10.2 Å². The fraction of sp³-hybridized carbons (Fsp3) is 0.600. The lowest BCUT2D eigenvalue weighted by Gasteiger charge is -2.69. The maximum atomic E-state index is 12.7. The molecule has 2 bridgehead atoms. The van der Waals surface area contributed by atoms with Crippen LogP contribution in [0.1, 0.15) is 61.6 Å². The number of aliphatic hydroxyl groups is 1. The van der Waals surface area contributed by atoms with Gasteiger partial charge in [-0.15, -0.1) is 0 Å². The molecule has 6 atom stereocenters. The lowest BCUT2D eigenvalue weighted by molar-refractivity contribution is -0.236. The van der Waals surface area contributed by atoms with Crippen molar-refractivity contribution in [2.24, 2.45) is 11.3 Å². The summed E-state index contributed by atoms with van der Waals surface area (Å²) in [4.78, 5) is 2.62. The molecule has 8 rings (SSSR count). The van der Waals surface area contributed by atoms with Crippen LogP contribution in [-0.2, 0) is 18.4 Å². The van der Waals surface area contributed by atoms with E-state index in [1.807, 2.05) is 6.07 Å². The number of nitrogens with zero attached hydrogens (tertiary/aromatic N) is 1. The summed E-state index contributed by atoms with van der Waals surface area (Å²) in [5.41, 5.74) is 2.55. The number of aromatic hydroxyl groups is 1. The minimum absolute atomic E-state index is 0.00426. The number of nitrogens with one attached hydrogen (secondary N) is 1. The molecule has 3 saturated carbocycles. The normalized spacial score (nSPS) is 40.8. The van der Waals surface area contributed by atoms with Crippen molar-refractivity contribution in [3.8, 4) is 11.5 Å². The van der Waals surface area contributed by atoms with Gasteiger partial charge in [-0.25, -0.2) is 0 Å². The summed E-state index contributed by atoms with van der Waals surface area (Å²) in [5, 5.41) is 27.5. The Morgan fingerprint density at radius 2 is 1.86 bits per heavy atom. The minimum atomic E-state index is -0.790. The molecule has 3 N–H and O–H groups in total. The van der Waals surface area contributed by atoms with E-state index in [-0.39, 0.29) is 23.3 Å². The zero-order valence-electron chi connectivity index (χ0n) is 20.4. The summed E-state index contributed by atoms with van der Waals surface area (Å²) in [6.07, 6.45) is 8.48. The van der Waals surface area contributed by atoms with Crippen molar-refractivity contribution in [3.63, 3.8) is 0 Å². The highest BCUT2D eigenvalue weighted by Gasteiger charge is 2.77. The van der Waals surface area contributed by atoms with Gasteiger partial charge in [0, 0.05) is 36.2 Å². The molecule has 6 aliphatic rings. The van der Waals surface area contributed by atoms with Gasteiger partial charge in [-0.3, -0.25) is 4.90 Å². The van der Waals surface area contributed by atoms with Gasteiger partial charge < -0.3 is 20.3 Å². The highest BCUT2D eigenvalue weighted by atomic mass is 16.5. The second kappa shape index (κ2) is 7.02. The van der Waals surface area contributed by atoms with Gasteiger partial charge in [0.2, 0.25) is 0 Å². The van der Waals surface area contributed by atoms with Gasteiger partial charge in [0.25, 0.3) is 0 Å². The largest absolute Gasteiger partial charge is 0.504 e. The van der Waals surface area contributed by atoms with Gasteiger partial charge in [0.15, 0.2) is 11.5 Å². The molecule has 2 aromatic carbocycles. The van der Waals surface area contributed by atoms with E-state index in [9.17, 15) is 10.2 Å². The van der Waals surface area contributed by atoms with E-state index in [0.717, 1.165) is 69.6 Å². The number of hydrogen-bond donors (Lipinski definition) is 3. The second-order valence-corrected chi connectivity index (χ2v) is 12.4. The Labute approximate surface area is 207 Å². The molecule has 0 aromatic heterocycles. The van der Waals surface area contributed by atoms with Crippen LogP contribution in [0, 0.1) is 11.3 Å². The van der Waals surface area contributed by atoms with E-state index in [0.29, 0.717) is 11.8 Å². The molecule has 2 heterocycles. The third-order valence-electron chi connectivity index (χ3n) is 11.0. The van der Waals surface area contributed by atoms with Gasteiger partial charge in [0.1, 0.15) is 6.10 Å². The molecule has 0 amide bonds. The Balaban J connectivity index is 1.20. The zero-order valence-corrected chi connectivity index (χ0v) is 20.4. The Kier molecular flexibility index (Phi) is 4.22. The predicted molar refractivity (Wildman–Crippen MR) is 134 cm³/mol. The van der Waals surface area contributed by atoms with E-state index in [1.54, 1.807) is 0 Å². The predicted octanol–water partition coefficient (Wildman–Crippen LogP) is 3.89. The van der Waals surface area contributed by atoms with Crippen LogP contribution in [0.15, 0.2) is 42.5 Å². The Bertz CT molecular complexity index is 1180. The van der Waals surface area contributed by atoms with Crippen molar-refractivity contribution < 1.29 is 14.9 Å². The van der Waals surface area contributed by atoms with E-state index in [4.69, 9.17) is 4.74 Å². The van der Waals surface area contributed by atoms with E-state index in [2.05, 4.69) is 46.6 Å². The van der Waals surface area contributed by atoms with Crippen LogP contribution in [-0.4, -0.2) is 52.0 Å². The molecule has 5 nitrogen and oxygen atoms in total. The average Bonchev–Trinajstić information content (AvgIpc) is 3.59. The first kappa shape index (κ1) is 21.0. The van der Waals surface area contributed by atoms with Gasteiger partial charge in [-0.1, -0.05) is 36.4 Å². The molecule has 35 heavy (non-hydrogen) atoms. The number of fused-ring (bicyclic) bond motifs is 1. The van der Waals surface area contributed by atoms with Crippen LogP contribution in [0.4, 0.5) is 0 Å². The first-order chi connectivity index (χ1) is 17.1. The number of phenols is 1. The van der Waals surface area contributed by atoms with Crippen molar-refractivity contribution in [3.05, 3.63) is 59.2 Å². The number of likely N-dealkylation sites (tertiary alicyclic amines) is 1. The highest BCUT2D eigenvalue weighted by Crippen LogP contribution is 2.71. The van der Waals surface area contributed by atoms with Gasteiger partial charge in [0.05, 0.1) is 11.0 Å². The fourth-order valence-electron chi connectivity index (χ4n) is 9.06. The number of benzene rings is 2. The quantitative estimate of drug-likeness (QED) is 0.616. The van der Waals surface area contributed by atoms with Gasteiger partial charge >= 0.3 is 0 Å². The monoisotopic (exact) mass is 472 g/mol. The number of ether oxygens (including phenoxy) is 1. The first-order valence-electron chi connectivity index (χ1n) is 13.8. The summed E-state index contributed by atoms with van der Waals surface area (Å²) in [5.74, 6) is 1.74. The number of piperidine rings is 1. The van der Waals surface area contributed by atoms with Crippen LogP contribution in [0.25, 0.3) is 0 Å². The SMILES string of the molecule is Oc1ccc2c3c1O[C@H]1[C@@]4(CC[C@@H]4NCc4ccccc4)CC[C@@]4(O)[C@H](C2)N(CC2CC2)CC[C@]314.